The van der Waals surface area contributed by atoms with Crippen LogP contribution in [0.25, 0.3) is 11.9 Å². The normalized spacial score (nSPS) is 29.6. The highest BCUT2D eigenvalue weighted by atomic mass is 35.5. The number of amidine groups is 1. The van der Waals surface area contributed by atoms with Crippen LogP contribution in [0, 0.1) is 11.7 Å². The lowest BCUT2D eigenvalue weighted by Crippen LogP contribution is -2.48. The van der Waals surface area contributed by atoms with Crippen molar-refractivity contribution in [3.63, 3.8) is 0 Å². The molecule has 0 spiro atoms. The zero-order chi connectivity index (χ0) is 25.7. The zero-order valence-electron chi connectivity index (χ0n) is 20.0. The Labute approximate surface area is 218 Å². The molecule has 36 heavy (non-hydrogen) atoms. The lowest BCUT2D eigenvalue weighted by atomic mass is 9.84. The molecule has 190 valence electrons. The molecule has 1 amide bonds. The Kier molecular flexibility index (Phi) is 6.59. The van der Waals surface area contributed by atoms with Crippen LogP contribution in [0.5, 0.6) is 0 Å². The Morgan fingerprint density at radius 3 is 2.92 bits per heavy atom. The van der Waals surface area contributed by atoms with E-state index in [1.165, 1.54) is 42.2 Å². The minimum absolute atomic E-state index is 0.0115. The Morgan fingerprint density at radius 2 is 2.19 bits per heavy atom. The molecule has 1 aliphatic carbocycles. The summed E-state index contributed by atoms with van der Waals surface area (Å²) in [6, 6.07) is 7.42. The molecular weight excluding hydrogens is 506 g/mol. The number of aromatic nitrogens is 1. The van der Waals surface area contributed by atoms with Crippen molar-refractivity contribution in [2.45, 2.75) is 42.5 Å². The van der Waals surface area contributed by atoms with E-state index in [2.05, 4.69) is 9.98 Å². The van der Waals surface area contributed by atoms with Gasteiger partial charge in [-0.15, -0.1) is 0 Å². The highest BCUT2D eigenvalue weighted by Gasteiger charge is 2.71. The van der Waals surface area contributed by atoms with Crippen LogP contribution in [0.15, 0.2) is 41.5 Å². The molecule has 1 aromatic carbocycles. The number of methoxy groups -OCH3 is 1. The Hall–Kier alpha value is -2.49. The SMILES string of the molecule is COCC1CCCN1C(=O)[C@]12C[C@H]1[C@@](C)(c1cc(/C=C(\F)c3ccc(Cl)cn3)ccc1F)N=C(N)S2. The molecule has 0 bridgehead atoms. The van der Waals surface area contributed by atoms with Gasteiger partial charge < -0.3 is 15.4 Å². The number of carbonyl (C=O) groups is 1. The third kappa shape index (κ3) is 4.31. The number of nitrogens with zero attached hydrogens (tertiary/aromatic N) is 3. The minimum Gasteiger partial charge on any atom is -0.383 e. The molecule has 2 N–H and O–H groups in total. The molecule has 1 unspecified atom stereocenters. The fraction of sp³-hybridized carbons (Fsp3) is 0.423. The summed E-state index contributed by atoms with van der Waals surface area (Å²) in [5, 5.41) is 0.651. The Balaban J connectivity index is 1.47. The van der Waals surface area contributed by atoms with Gasteiger partial charge in [-0.1, -0.05) is 29.4 Å². The maximum atomic E-state index is 15.2. The molecule has 4 atom stereocenters. The summed E-state index contributed by atoms with van der Waals surface area (Å²) in [7, 11) is 1.63. The predicted molar refractivity (Wildman–Crippen MR) is 139 cm³/mol. The van der Waals surface area contributed by atoms with E-state index in [0.717, 1.165) is 12.8 Å². The monoisotopic (exact) mass is 532 g/mol. The van der Waals surface area contributed by atoms with Crippen molar-refractivity contribution < 1.29 is 18.3 Å². The number of hydrogen-bond donors (Lipinski definition) is 1. The number of hydrogen-bond acceptors (Lipinski definition) is 6. The molecule has 5 rings (SSSR count). The Morgan fingerprint density at radius 1 is 1.39 bits per heavy atom. The van der Waals surface area contributed by atoms with Gasteiger partial charge in [0.15, 0.2) is 5.17 Å². The highest BCUT2D eigenvalue weighted by molar-refractivity contribution is 8.15. The fourth-order valence-corrected chi connectivity index (χ4v) is 7.07. The van der Waals surface area contributed by atoms with Gasteiger partial charge in [0.2, 0.25) is 5.91 Å². The van der Waals surface area contributed by atoms with Gasteiger partial charge in [-0.2, -0.15) is 0 Å². The van der Waals surface area contributed by atoms with Crippen LogP contribution in [0.2, 0.25) is 5.02 Å². The van der Waals surface area contributed by atoms with Crippen LogP contribution in [0.4, 0.5) is 8.78 Å². The standard InChI is InChI=1S/C26H27ClF2N4O2S/c1-25(18-10-15(5-7-19(18)28)11-20(29)21-8-6-16(27)13-31-21)22-12-26(22,36-24(30)32-25)23(34)33-9-3-4-17(33)14-35-2/h5-8,10-11,13,17,22H,3-4,9,12,14H2,1-2H3,(H2,30,32)/b20-11-/t17?,22-,25+,26-/m0/s1. The molecule has 2 aliphatic heterocycles. The quantitative estimate of drug-likeness (QED) is 0.565. The van der Waals surface area contributed by atoms with Crippen molar-refractivity contribution in [1.29, 1.82) is 0 Å². The second kappa shape index (κ2) is 9.43. The summed E-state index contributed by atoms with van der Waals surface area (Å²) in [6.45, 7) is 2.95. The minimum atomic E-state index is -1.07. The number of likely N-dealkylation sites (tertiary alicyclic amines) is 1. The van der Waals surface area contributed by atoms with Gasteiger partial charge in [-0.05, 0) is 62.1 Å². The molecule has 10 heteroatoms. The molecule has 2 fully saturated rings. The van der Waals surface area contributed by atoms with Crippen LogP contribution >= 0.6 is 23.4 Å². The van der Waals surface area contributed by atoms with Gasteiger partial charge in [-0.3, -0.25) is 14.8 Å². The van der Waals surface area contributed by atoms with Gasteiger partial charge in [0.05, 0.1) is 28.9 Å². The first kappa shape index (κ1) is 25.2. The maximum absolute atomic E-state index is 15.2. The second-order valence-corrected chi connectivity index (χ2v) is 11.5. The van der Waals surface area contributed by atoms with Crippen LogP contribution in [-0.2, 0) is 15.1 Å². The zero-order valence-corrected chi connectivity index (χ0v) is 21.6. The van der Waals surface area contributed by atoms with Crippen molar-refractivity contribution in [2.75, 3.05) is 20.3 Å². The van der Waals surface area contributed by atoms with E-state index >= 15 is 4.39 Å². The largest absolute Gasteiger partial charge is 0.383 e. The summed E-state index contributed by atoms with van der Waals surface area (Å²) >= 11 is 7.12. The van der Waals surface area contributed by atoms with Crippen molar-refractivity contribution in [3.8, 4) is 0 Å². The number of nitrogens with two attached hydrogens (primary N) is 1. The number of halogens is 3. The van der Waals surface area contributed by atoms with E-state index in [4.69, 9.17) is 22.1 Å². The molecule has 3 heterocycles. The summed E-state index contributed by atoms with van der Waals surface area (Å²) in [6.07, 6.45) is 5.00. The number of aliphatic imine (C=N–C) groups is 1. The van der Waals surface area contributed by atoms with Crippen LogP contribution in [0.3, 0.4) is 0 Å². The third-order valence-corrected chi connectivity index (χ3v) is 8.89. The number of thioether (sulfide) groups is 1. The van der Waals surface area contributed by atoms with Gasteiger partial charge in [0.25, 0.3) is 0 Å². The van der Waals surface area contributed by atoms with E-state index in [0.29, 0.717) is 30.2 Å². The van der Waals surface area contributed by atoms with Crippen molar-refractivity contribution in [3.05, 3.63) is 64.2 Å². The molecule has 3 aliphatic rings. The average Bonchev–Trinajstić information content (AvgIpc) is 3.43. The average molecular weight is 533 g/mol. The van der Waals surface area contributed by atoms with Gasteiger partial charge >= 0.3 is 0 Å². The van der Waals surface area contributed by atoms with Gasteiger partial charge in [0, 0.05) is 31.3 Å². The molecule has 1 saturated carbocycles. The fourth-order valence-electron chi connectivity index (χ4n) is 5.52. The number of benzene rings is 1. The molecule has 1 aromatic heterocycles. The number of ether oxygens (including phenoxy) is 1. The van der Waals surface area contributed by atoms with E-state index in [1.807, 2.05) is 4.90 Å². The van der Waals surface area contributed by atoms with Crippen LogP contribution in [-0.4, -0.2) is 52.0 Å². The molecule has 0 radical (unpaired) electrons. The lowest BCUT2D eigenvalue weighted by Gasteiger charge is -2.36. The van der Waals surface area contributed by atoms with Crippen molar-refractivity contribution in [2.24, 2.45) is 16.6 Å². The number of amides is 1. The first-order valence-electron chi connectivity index (χ1n) is 11.8. The van der Waals surface area contributed by atoms with Crippen molar-refractivity contribution in [1.82, 2.24) is 9.88 Å². The third-order valence-electron chi connectivity index (χ3n) is 7.38. The van der Waals surface area contributed by atoms with Gasteiger partial charge in [0.1, 0.15) is 16.4 Å². The first-order valence-corrected chi connectivity index (χ1v) is 13.0. The number of carbonyl (C=O) groups excluding carboxylic acids is 1. The topological polar surface area (TPSA) is 80.8 Å². The molecule has 6 nitrogen and oxygen atoms in total. The first-order chi connectivity index (χ1) is 17.2. The van der Waals surface area contributed by atoms with Crippen molar-refractivity contribution >= 4 is 46.3 Å². The lowest BCUT2D eigenvalue weighted by molar-refractivity contribution is -0.133. The predicted octanol–water partition coefficient (Wildman–Crippen LogP) is 5.01. The summed E-state index contributed by atoms with van der Waals surface area (Å²) in [5.74, 6) is -1.28. The smallest absolute Gasteiger partial charge is 0.240 e. The summed E-state index contributed by atoms with van der Waals surface area (Å²) in [5.41, 5.74) is 6.03. The summed E-state index contributed by atoms with van der Waals surface area (Å²) < 4.78 is 34.6. The molecule has 1 saturated heterocycles. The Bertz CT molecular complexity index is 1260. The maximum Gasteiger partial charge on any atom is 0.240 e. The van der Waals surface area contributed by atoms with Crippen LogP contribution in [0.1, 0.15) is 43.0 Å². The molecule has 2 aromatic rings. The van der Waals surface area contributed by atoms with Gasteiger partial charge in [-0.25, -0.2) is 8.78 Å². The van der Waals surface area contributed by atoms with E-state index in [9.17, 15) is 9.18 Å². The summed E-state index contributed by atoms with van der Waals surface area (Å²) in [4.78, 5) is 24.3. The van der Waals surface area contributed by atoms with E-state index in [1.54, 1.807) is 26.2 Å². The molecular formula is C26H27ClF2N4O2S. The highest BCUT2D eigenvalue weighted by Crippen LogP contribution is 2.66. The number of rotatable bonds is 6. The second-order valence-electron chi connectivity index (χ2n) is 9.69. The van der Waals surface area contributed by atoms with E-state index in [-0.39, 0.29) is 34.3 Å². The van der Waals surface area contributed by atoms with E-state index < -0.39 is 21.9 Å². The van der Waals surface area contributed by atoms with Crippen LogP contribution < -0.4 is 5.73 Å². The number of fused-ring (bicyclic) bond motifs is 1. The number of pyridine rings is 1.